The van der Waals surface area contributed by atoms with Gasteiger partial charge in [-0.3, -0.25) is 0 Å². The first-order valence-corrected chi connectivity index (χ1v) is 5.54. The summed E-state index contributed by atoms with van der Waals surface area (Å²) in [5.41, 5.74) is 0. The summed E-state index contributed by atoms with van der Waals surface area (Å²) < 4.78 is 0. The minimum Gasteiger partial charge on any atom is -0.386 e. The van der Waals surface area contributed by atoms with Crippen molar-refractivity contribution in [2.45, 2.75) is 18.9 Å². The van der Waals surface area contributed by atoms with E-state index in [4.69, 9.17) is 0 Å². The third kappa shape index (κ3) is 2.07. The van der Waals surface area contributed by atoms with Crippen molar-refractivity contribution in [3.63, 3.8) is 0 Å². The summed E-state index contributed by atoms with van der Waals surface area (Å²) in [6.07, 6.45) is 3.65. The van der Waals surface area contributed by atoms with E-state index >= 15 is 0 Å². The number of hydrogen-bond donors (Lipinski definition) is 2. The molecule has 1 saturated heterocycles. The van der Waals surface area contributed by atoms with Gasteiger partial charge in [-0.05, 0) is 19.4 Å². The Balaban J connectivity index is 1.99. The highest BCUT2D eigenvalue weighted by Gasteiger charge is 2.24. The summed E-state index contributed by atoms with van der Waals surface area (Å²) in [6.45, 7) is 2.00. The maximum Gasteiger partial charge on any atom is 0.121 e. The number of rotatable bonds is 2. The van der Waals surface area contributed by atoms with Gasteiger partial charge in [-0.25, -0.2) is 4.98 Å². The topological polar surface area (TPSA) is 45.2 Å². The number of aliphatic hydroxyl groups excluding tert-OH is 1. The molecule has 1 aromatic heterocycles. The Morgan fingerprint density at radius 3 is 3.23 bits per heavy atom. The molecule has 0 bridgehead atoms. The van der Waals surface area contributed by atoms with Gasteiger partial charge in [-0.2, -0.15) is 0 Å². The molecule has 0 aromatic carbocycles. The van der Waals surface area contributed by atoms with Crippen molar-refractivity contribution in [2.75, 3.05) is 13.1 Å². The molecule has 3 nitrogen and oxygen atoms in total. The van der Waals surface area contributed by atoms with Crippen LogP contribution < -0.4 is 5.32 Å². The minimum atomic E-state index is -0.368. The van der Waals surface area contributed by atoms with Gasteiger partial charge in [0.1, 0.15) is 11.1 Å². The molecule has 72 valence electrons. The Morgan fingerprint density at radius 1 is 1.69 bits per heavy atom. The van der Waals surface area contributed by atoms with Gasteiger partial charge in [-0.15, -0.1) is 11.3 Å². The number of aromatic nitrogens is 1. The fourth-order valence-electron chi connectivity index (χ4n) is 1.73. The lowest BCUT2D eigenvalue weighted by Gasteiger charge is -2.25. The lowest BCUT2D eigenvalue weighted by atomic mass is 9.94. The molecule has 0 spiro atoms. The Kier molecular flexibility index (Phi) is 2.93. The summed E-state index contributed by atoms with van der Waals surface area (Å²) in [7, 11) is 0. The standard InChI is InChI=1S/C9H14N2OS/c12-8(9-11-4-5-13-9)7-2-1-3-10-6-7/h4-5,7-8,10,12H,1-3,6H2/t7-,8?/m0/s1. The van der Waals surface area contributed by atoms with Crippen LogP contribution in [0.3, 0.4) is 0 Å². The highest BCUT2D eigenvalue weighted by molar-refractivity contribution is 7.09. The predicted octanol–water partition coefficient (Wildman–Crippen LogP) is 1.18. The van der Waals surface area contributed by atoms with Gasteiger partial charge < -0.3 is 10.4 Å². The molecule has 2 heterocycles. The van der Waals surface area contributed by atoms with E-state index in [2.05, 4.69) is 10.3 Å². The molecule has 0 amide bonds. The molecule has 0 saturated carbocycles. The van der Waals surface area contributed by atoms with Crippen LogP contribution in [0.4, 0.5) is 0 Å². The molecule has 4 heteroatoms. The SMILES string of the molecule is OC(c1nccs1)[C@H]1CCCNC1. The molecule has 2 N–H and O–H groups in total. The van der Waals surface area contributed by atoms with E-state index in [0.29, 0.717) is 5.92 Å². The van der Waals surface area contributed by atoms with Crippen molar-refractivity contribution in [3.8, 4) is 0 Å². The smallest absolute Gasteiger partial charge is 0.121 e. The van der Waals surface area contributed by atoms with Crippen LogP contribution in [-0.4, -0.2) is 23.2 Å². The quantitative estimate of drug-likeness (QED) is 0.750. The van der Waals surface area contributed by atoms with Crippen molar-refractivity contribution in [2.24, 2.45) is 5.92 Å². The first-order valence-electron chi connectivity index (χ1n) is 4.66. The molecule has 1 unspecified atom stereocenters. The van der Waals surface area contributed by atoms with Crippen LogP contribution >= 0.6 is 11.3 Å². The van der Waals surface area contributed by atoms with E-state index in [0.717, 1.165) is 30.9 Å². The second kappa shape index (κ2) is 4.17. The van der Waals surface area contributed by atoms with Crippen LogP contribution in [0.1, 0.15) is 24.0 Å². The molecular formula is C9H14N2OS. The van der Waals surface area contributed by atoms with Crippen molar-refractivity contribution in [1.82, 2.24) is 10.3 Å². The monoisotopic (exact) mass is 198 g/mol. The molecule has 2 atom stereocenters. The van der Waals surface area contributed by atoms with Crippen molar-refractivity contribution in [3.05, 3.63) is 16.6 Å². The van der Waals surface area contributed by atoms with Crippen LogP contribution in [0.15, 0.2) is 11.6 Å². The highest BCUT2D eigenvalue weighted by Crippen LogP contribution is 2.27. The van der Waals surface area contributed by atoms with E-state index in [9.17, 15) is 5.11 Å². The zero-order valence-corrected chi connectivity index (χ0v) is 8.26. The summed E-state index contributed by atoms with van der Waals surface area (Å²) in [5, 5.41) is 16.0. The fraction of sp³-hybridized carbons (Fsp3) is 0.667. The second-order valence-electron chi connectivity index (χ2n) is 3.42. The van der Waals surface area contributed by atoms with Crippen LogP contribution in [0.5, 0.6) is 0 Å². The summed E-state index contributed by atoms with van der Waals surface area (Å²) in [4.78, 5) is 4.13. The second-order valence-corrected chi connectivity index (χ2v) is 4.35. The van der Waals surface area contributed by atoms with E-state index in [1.807, 2.05) is 5.38 Å². The van der Waals surface area contributed by atoms with Gasteiger partial charge in [0.25, 0.3) is 0 Å². The average molecular weight is 198 g/mol. The van der Waals surface area contributed by atoms with Crippen molar-refractivity contribution >= 4 is 11.3 Å². The zero-order chi connectivity index (χ0) is 9.10. The van der Waals surface area contributed by atoms with Crippen LogP contribution in [0, 0.1) is 5.92 Å². The fourth-order valence-corrected chi connectivity index (χ4v) is 2.45. The molecule has 13 heavy (non-hydrogen) atoms. The zero-order valence-electron chi connectivity index (χ0n) is 7.44. The van der Waals surface area contributed by atoms with E-state index in [1.54, 1.807) is 6.20 Å². The van der Waals surface area contributed by atoms with Gasteiger partial charge in [-0.1, -0.05) is 0 Å². The number of thiazole rings is 1. The van der Waals surface area contributed by atoms with Gasteiger partial charge in [0.05, 0.1) is 0 Å². The largest absolute Gasteiger partial charge is 0.386 e. The number of aliphatic hydroxyl groups is 1. The molecular weight excluding hydrogens is 184 g/mol. The number of hydrogen-bond acceptors (Lipinski definition) is 4. The summed E-state index contributed by atoms with van der Waals surface area (Å²) in [5.74, 6) is 0.347. The molecule has 1 aromatic rings. The summed E-state index contributed by atoms with van der Waals surface area (Å²) >= 11 is 1.54. The molecule has 1 aliphatic heterocycles. The molecule has 2 rings (SSSR count). The maximum absolute atomic E-state index is 9.94. The van der Waals surface area contributed by atoms with E-state index < -0.39 is 0 Å². The lowest BCUT2D eigenvalue weighted by Crippen LogP contribution is -2.33. The molecule has 1 fully saturated rings. The third-order valence-corrected chi connectivity index (χ3v) is 3.33. The van der Waals surface area contributed by atoms with Gasteiger partial charge in [0.2, 0.25) is 0 Å². The number of nitrogens with zero attached hydrogens (tertiary/aromatic N) is 1. The maximum atomic E-state index is 9.94. The molecule has 1 aliphatic rings. The van der Waals surface area contributed by atoms with Gasteiger partial charge in [0.15, 0.2) is 0 Å². The molecule has 0 radical (unpaired) electrons. The van der Waals surface area contributed by atoms with E-state index in [1.165, 1.54) is 11.3 Å². The predicted molar refractivity (Wildman–Crippen MR) is 52.7 cm³/mol. The number of nitrogens with one attached hydrogen (secondary N) is 1. The summed E-state index contributed by atoms with van der Waals surface area (Å²) in [6, 6.07) is 0. The Hall–Kier alpha value is -0.450. The van der Waals surface area contributed by atoms with Gasteiger partial charge >= 0.3 is 0 Å². The lowest BCUT2D eigenvalue weighted by molar-refractivity contribution is 0.0919. The van der Waals surface area contributed by atoms with Crippen molar-refractivity contribution < 1.29 is 5.11 Å². The average Bonchev–Trinajstić information content (AvgIpc) is 2.71. The van der Waals surface area contributed by atoms with Gasteiger partial charge in [0, 0.05) is 24.0 Å². The minimum absolute atomic E-state index is 0.347. The number of piperidine rings is 1. The molecule has 0 aliphatic carbocycles. The first-order chi connectivity index (χ1) is 6.38. The highest BCUT2D eigenvalue weighted by atomic mass is 32.1. The van der Waals surface area contributed by atoms with Crippen LogP contribution in [-0.2, 0) is 0 Å². The Morgan fingerprint density at radius 2 is 2.62 bits per heavy atom. The normalized spacial score (nSPS) is 25.8. The Bertz CT molecular complexity index is 244. The van der Waals surface area contributed by atoms with E-state index in [-0.39, 0.29) is 6.10 Å². The first kappa shape index (κ1) is 9.12. The van der Waals surface area contributed by atoms with Crippen LogP contribution in [0.25, 0.3) is 0 Å². The van der Waals surface area contributed by atoms with Crippen LogP contribution in [0.2, 0.25) is 0 Å². The third-order valence-electron chi connectivity index (χ3n) is 2.49. The Labute approximate surface area is 81.8 Å². The van der Waals surface area contributed by atoms with Crippen molar-refractivity contribution in [1.29, 1.82) is 0 Å².